The Morgan fingerprint density at radius 1 is 1.28 bits per heavy atom. The van der Waals surface area contributed by atoms with Crippen LogP contribution in [0.1, 0.15) is 5.56 Å². The molecule has 1 heterocycles. The fourth-order valence-corrected chi connectivity index (χ4v) is 2.69. The first-order valence-electron chi connectivity index (χ1n) is 7.97. The van der Waals surface area contributed by atoms with Crippen LogP contribution in [-0.4, -0.2) is 33.2 Å². The summed E-state index contributed by atoms with van der Waals surface area (Å²) < 4.78 is 19.3. The molecule has 2 aromatic rings. The Bertz CT molecular complexity index is 820. The molecule has 0 aromatic heterocycles. The number of benzene rings is 2. The number of ether oxygens (including phenoxy) is 1. The summed E-state index contributed by atoms with van der Waals surface area (Å²) in [6.45, 7) is 1.12. The lowest BCUT2D eigenvalue weighted by atomic mass is 10.1. The predicted octanol–water partition coefficient (Wildman–Crippen LogP) is 3.31. The highest BCUT2D eigenvalue weighted by Crippen LogP contribution is 2.31. The standard InChI is InChI=1S/C19H20FN3O2/c1-23(9-10-25-2)18-8-7-13(11-16(18)20)21-12-15-14-5-3-4-6-17(14)22-19(15)24/h3-8,11-12,21H,9-10H2,1-2H3,(H,22,24)/b15-12+. The number of anilines is 3. The lowest BCUT2D eigenvalue weighted by Gasteiger charge is -2.19. The zero-order chi connectivity index (χ0) is 17.8. The highest BCUT2D eigenvalue weighted by Gasteiger charge is 2.23. The number of amides is 1. The lowest BCUT2D eigenvalue weighted by Crippen LogP contribution is -2.23. The molecular weight excluding hydrogens is 321 g/mol. The fourth-order valence-electron chi connectivity index (χ4n) is 2.69. The van der Waals surface area contributed by atoms with Gasteiger partial charge in [0.15, 0.2) is 0 Å². The number of methoxy groups -OCH3 is 1. The van der Waals surface area contributed by atoms with Crippen molar-refractivity contribution in [2.75, 3.05) is 42.8 Å². The van der Waals surface area contributed by atoms with Crippen LogP contribution in [0.2, 0.25) is 0 Å². The number of carbonyl (C=O) groups is 1. The van der Waals surface area contributed by atoms with Gasteiger partial charge in [0.25, 0.3) is 5.91 Å². The molecule has 1 amide bonds. The minimum Gasteiger partial charge on any atom is -0.383 e. The van der Waals surface area contributed by atoms with Crippen LogP contribution in [0, 0.1) is 5.82 Å². The Labute approximate surface area is 146 Å². The summed E-state index contributed by atoms with van der Waals surface area (Å²) in [6, 6.07) is 12.3. The maximum absolute atomic E-state index is 14.3. The Morgan fingerprint density at radius 3 is 2.84 bits per heavy atom. The van der Waals surface area contributed by atoms with Gasteiger partial charge in [-0.3, -0.25) is 4.79 Å². The summed E-state index contributed by atoms with van der Waals surface area (Å²) in [5.74, 6) is -0.511. The summed E-state index contributed by atoms with van der Waals surface area (Å²) >= 11 is 0. The molecule has 25 heavy (non-hydrogen) atoms. The Kier molecular flexibility index (Phi) is 5.00. The molecule has 2 N–H and O–H groups in total. The van der Waals surface area contributed by atoms with Gasteiger partial charge < -0.3 is 20.3 Å². The third-order valence-corrected chi connectivity index (χ3v) is 4.08. The molecule has 3 rings (SSSR count). The third-order valence-electron chi connectivity index (χ3n) is 4.08. The molecule has 0 spiro atoms. The van der Waals surface area contributed by atoms with Crippen molar-refractivity contribution in [1.29, 1.82) is 0 Å². The number of halogens is 1. The Morgan fingerprint density at radius 2 is 2.08 bits per heavy atom. The van der Waals surface area contributed by atoms with Gasteiger partial charge in [-0.15, -0.1) is 0 Å². The first kappa shape index (κ1) is 17.0. The molecule has 1 aliphatic heterocycles. The second-order valence-corrected chi connectivity index (χ2v) is 5.78. The minimum atomic E-state index is -0.335. The number of hydrogen-bond acceptors (Lipinski definition) is 4. The average Bonchev–Trinajstić information content (AvgIpc) is 2.93. The Hall–Kier alpha value is -2.86. The van der Waals surface area contributed by atoms with E-state index < -0.39 is 0 Å². The summed E-state index contributed by atoms with van der Waals surface area (Å²) in [5, 5.41) is 5.80. The van der Waals surface area contributed by atoms with E-state index in [2.05, 4.69) is 10.6 Å². The second kappa shape index (κ2) is 7.36. The molecule has 0 saturated heterocycles. The quantitative estimate of drug-likeness (QED) is 0.792. The summed E-state index contributed by atoms with van der Waals surface area (Å²) in [5.41, 5.74) is 3.21. The highest BCUT2D eigenvalue weighted by atomic mass is 19.1. The number of nitrogens with zero attached hydrogens (tertiary/aromatic N) is 1. The molecule has 0 aliphatic carbocycles. The third kappa shape index (κ3) is 3.64. The zero-order valence-electron chi connectivity index (χ0n) is 14.2. The van der Waals surface area contributed by atoms with Crippen molar-refractivity contribution in [3.05, 3.63) is 60.0 Å². The second-order valence-electron chi connectivity index (χ2n) is 5.78. The number of carbonyl (C=O) groups excluding carboxylic acids is 1. The van der Waals surface area contributed by atoms with E-state index in [0.717, 1.165) is 11.3 Å². The SMILES string of the molecule is COCCN(C)c1ccc(N/C=C2/C(=O)Nc3ccccc32)cc1F. The first-order valence-corrected chi connectivity index (χ1v) is 7.97. The van der Waals surface area contributed by atoms with Crippen molar-refractivity contribution in [1.82, 2.24) is 0 Å². The van der Waals surface area contributed by atoms with Crippen molar-refractivity contribution in [3.63, 3.8) is 0 Å². The molecule has 0 unspecified atom stereocenters. The van der Waals surface area contributed by atoms with Gasteiger partial charge in [0.2, 0.25) is 0 Å². The smallest absolute Gasteiger partial charge is 0.257 e. The van der Waals surface area contributed by atoms with Crippen molar-refractivity contribution < 1.29 is 13.9 Å². The van der Waals surface area contributed by atoms with Gasteiger partial charge in [0.1, 0.15) is 5.82 Å². The first-order chi connectivity index (χ1) is 12.1. The lowest BCUT2D eigenvalue weighted by molar-refractivity contribution is -0.110. The normalized spacial score (nSPS) is 14.4. The molecule has 5 nitrogen and oxygen atoms in total. The average molecular weight is 341 g/mol. The molecule has 6 heteroatoms. The Balaban J connectivity index is 1.76. The van der Waals surface area contributed by atoms with Crippen molar-refractivity contribution in [2.24, 2.45) is 0 Å². The monoisotopic (exact) mass is 341 g/mol. The molecule has 0 atom stereocenters. The van der Waals surface area contributed by atoms with E-state index in [1.54, 1.807) is 30.3 Å². The largest absolute Gasteiger partial charge is 0.383 e. The number of fused-ring (bicyclic) bond motifs is 1. The number of rotatable bonds is 6. The van der Waals surface area contributed by atoms with Crippen LogP contribution in [-0.2, 0) is 9.53 Å². The van der Waals surface area contributed by atoms with E-state index in [0.29, 0.717) is 30.1 Å². The van der Waals surface area contributed by atoms with Gasteiger partial charge in [-0.25, -0.2) is 4.39 Å². The van der Waals surface area contributed by atoms with Crippen LogP contribution < -0.4 is 15.5 Å². The molecule has 130 valence electrons. The molecule has 0 saturated carbocycles. The van der Waals surface area contributed by atoms with E-state index in [1.807, 2.05) is 31.3 Å². The van der Waals surface area contributed by atoms with Crippen LogP contribution in [0.3, 0.4) is 0 Å². The van der Waals surface area contributed by atoms with Crippen molar-refractivity contribution in [2.45, 2.75) is 0 Å². The highest BCUT2D eigenvalue weighted by molar-refractivity contribution is 6.31. The minimum absolute atomic E-state index is 0.176. The van der Waals surface area contributed by atoms with Crippen molar-refractivity contribution in [3.8, 4) is 0 Å². The zero-order valence-corrected chi connectivity index (χ0v) is 14.2. The number of para-hydroxylation sites is 1. The predicted molar refractivity (Wildman–Crippen MR) is 98.2 cm³/mol. The maximum Gasteiger partial charge on any atom is 0.257 e. The molecule has 0 radical (unpaired) electrons. The summed E-state index contributed by atoms with van der Waals surface area (Å²) in [6.07, 6.45) is 1.60. The van der Waals surface area contributed by atoms with E-state index in [-0.39, 0.29) is 11.7 Å². The molecule has 1 aliphatic rings. The van der Waals surface area contributed by atoms with Crippen LogP contribution >= 0.6 is 0 Å². The molecule has 2 aromatic carbocycles. The van der Waals surface area contributed by atoms with Gasteiger partial charge in [-0.2, -0.15) is 0 Å². The van der Waals surface area contributed by atoms with Crippen LogP contribution in [0.4, 0.5) is 21.5 Å². The fraction of sp³-hybridized carbons (Fsp3) is 0.211. The van der Waals surface area contributed by atoms with Crippen LogP contribution in [0.5, 0.6) is 0 Å². The molecule has 0 bridgehead atoms. The molecule has 0 fully saturated rings. The van der Waals surface area contributed by atoms with Crippen LogP contribution in [0.25, 0.3) is 5.57 Å². The van der Waals surface area contributed by atoms with Gasteiger partial charge in [0, 0.05) is 43.8 Å². The van der Waals surface area contributed by atoms with E-state index in [1.165, 1.54) is 6.07 Å². The number of hydrogen-bond donors (Lipinski definition) is 2. The van der Waals surface area contributed by atoms with Gasteiger partial charge in [0.05, 0.1) is 17.9 Å². The van der Waals surface area contributed by atoms with E-state index in [9.17, 15) is 9.18 Å². The molecular formula is C19H20FN3O2. The number of nitrogens with one attached hydrogen (secondary N) is 2. The topological polar surface area (TPSA) is 53.6 Å². The van der Waals surface area contributed by atoms with Gasteiger partial charge >= 0.3 is 0 Å². The number of likely N-dealkylation sites (N-methyl/N-ethyl adjacent to an activating group) is 1. The van der Waals surface area contributed by atoms with Gasteiger partial charge in [-0.05, 0) is 24.3 Å². The van der Waals surface area contributed by atoms with Gasteiger partial charge in [-0.1, -0.05) is 18.2 Å². The van der Waals surface area contributed by atoms with E-state index >= 15 is 0 Å². The maximum atomic E-state index is 14.3. The summed E-state index contributed by atoms with van der Waals surface area (Å²) in [4.78, 5) is 13.8. The summed E-state index contributed by atoms with van der Waals surface area (Å²) in [7, 11) is 3.42. The van der Waals surface area contributed by atoms with Crippen molar-refractivity contribution >= 4 is 28.5 Å². The van der Waals surface area contributed by atoms with E-state index in [4.69, 9.17) is 4.74 Å². The van der Waals surface area contributed by atoms with Crippen LogP contribution in [0.15, 0.2) is 48.7 Å².